The van der Waals surface area contributed by atoms with E-state index in [2.05, 4.69) is 81.4 Å². The van der Waals surface area contributed by atoms with E-state index in [1.165, 1.54) is 44.2 Å². The molecule has 4 rings (SSSR count). The van der Waals surface area contributed by atoms with E-state index >= 15 is 0 Å². The molecule has 0 saturated carbocycles. The zero-order chi connectivity index (χ0) is 18.4. The van der Waals surface area contributed by atoms with Gasteiger partial charge in [0.05, 0.1) is 0 Å². The molecule has 0 radical (unpaired) electrons. The van der Waals surface area contributed by atoms with Gasteiger partial charge in [-0.1, -0.05) is 0 Å². The van der Waals surface area contributed by atoms with E-state index in [1.54, 1.807) is 0 Å². The van der Waals surface area contributed by atoms with Crippen LogP contribution in [0.2, 0.25) is 0 Å². The van der Waals surface area contributed by atoms with Gasteiger partial charge in [0.15, 0.2) is 0 Å². The van der Waals surface area contributed by atoms with Gasteiger partial charge >= 0.3 is 172 Å². The van der Waals surface area contributed by atoms with Crippen molar-refractivity contribution in [3.05, 3.63) is 76.9 Å². The van der Waals surface area contributed by atoms with Gasteiger partial charge in [0, 0.05) is 0 Å². The molecule has 0 bridgehead atoms. The molecule has 3 heteroatoms. The van der Waals surface area contributed by atoms with Gasteiger partial charge in [-0.15, -0.1) is 0 Å². The van der Waals surface area contributed by atoms with Crippen LogP contribution in [-0.2, 0) is 19.4 Å². The Hall–Kier alpha value is -0.877. The van der Waals surface area contributed by atoms with Crippen molar-refractivity contribution < 1.29 is 19.4 Å². The molecule has 1 unspecified atom stereocenters. The molecule has 0 fully saturated rings. The molecule has 3 aromatic carbocycles. The van der Waals surface area contributed by atoms with Crippen molar-refractivity contribution in [3.63, 3.8) is 0 Å². The molecule has 0 aliphatic heterocycles. The summed E-state index contributed by atoms with van der Waals surface area (Å²) in [6, 6.07) is 20.0. The summed E-state index contributed by atoms with van der Waals surface area (Å²) in [6.07, 6.45) is 2.31. The van der Waals surface area contributed by atoms with E-state index in [0.29, 0.717) is 5.92 Å². The summed E-state index contributed by atoms with van der Waals surface area (Å²) in [5.41, 5.74) is 7.90. The fourth-order valence-electron chi connectivity index (χ4n) is 3.87. The quantitative estimate of drug-likeness (QED) is 0.372. The van der Waals surface area contributed by atoms with Crippen LogP contribution in [0.5, 0.6) is 0 Å². The maximum absolute atomic E-state index is 6.54. The third-order valence-electron chi connectivity index (χ3n) is 5.32. The van der Waals surface area contributed by atoms with Crippen LogP contribution in [0.3, 0.4) is 0 Å². The zero-order valence-corrected chi connectivity index (χ0v) is 19.2. The third kappa shape index (κ3) is 3.24. The van der Waals surface area contributed by atoms with E-state index in [-0.39, 0.29) is 3.63 Å². The Balaban J connectivity index is 1.97. The Labute approximate surface area is 170 Å². The van der Waals surface area contributed by atoms with Crippen LogP contribution in [-0.4, -0.2) is 0 Å². The van der Waals surface area contributed by atoms with E-state index in [9.17, 15) is 0 Å². The first-order chi connectivity index (χ1) is 12.5. The average molecular weight is 460 g/mol. The molecule has 3 aromatic rings. The molecule has 0 spiro atoms. The van der Waals surface area contributed by atoms with Gasteiger partial charge in [-0.05, 0) is 0 Å². The maximum atomic E-state index is 6.54. The predicted molar refractivity (Wildman–Crippen MR) is 112 cm³/mol. The van der Waals surface area contributed by atoms with Gasteiger partial charge in [-0.2, -0.15) is 0 Å². The number of hydrogen-bond donors (Lipinski definition) is 0. The van der Waals surface area contributed by atoms with Crippen molar-refractivity contribution in [1.29, 1.82) is 0 Å². The Morgan fingerprint density at radius 2 is 1.65 bits per heavy atom. The van der Waals surface area contributed by atoms with Crippen LogP contribution < -0.4 is 0 Å². The Morgan fingerprint density at radius 1 is 0.923 bits per heavy atom. The first-order valence-electron chi connectivity index (χ1n) is 8.98. The van der Waals surface area contributed by atoms with E-state index in [4.69, 9.17) is 17.0 Å². The third-order valence-corrected chi connectivity index (χ3v) is 10.9. The molecule has 0 amide bonds. The summed E-state index contributed by atoms with van der Waals surface area (Å²) in [5, 5.41) is 2.55. The molecule has 1 aliphatic carbocycles. The number of allylic oxidation sites excluding steroid dienone is 1. The van der Waals surface area contributed by atoms with Gasteiger partial charge in [0.25, 0.3) is 0 Å². The minimum absolute atomic E-state index is 0.272. The summed E-state index contributed by atoms with van der Waals surface area (Å²) in [4.78, 5) is 0. The Morgan fingerprint density at radius 3 is 2.35 bits per heavy atom. The molecule has 0 nitrogen and oxygen atoms in total. The van der Waals surface area contributed by atoms with Crippen molar-refractivity contribution in [2.75, 3.05) is 0 Å². The molecule has 1 atom stereocenters. The van der Waals surface area contributed by atoms with Crippen molar-refractivity contribution in [2.45, 2.75) is 30.3 Å². The number of fused-ring (bicyclic) bond motifs is 2. The summed E-state index contributed by atoms with van der Waals surface area (Å²) in [6.45, 7) is 6.67. The summed E-state index contributed by atoms with van der Waals surface area (Å²) < 4.78 is 0.272. The molecular weight excluding hydrogens is 438 g/mol. The van der Waals surface area contributed by atoms with Crippen LogP contribution in [0.25, 0.3) is 28.0 Å². The van der Waals surface area contributed by atoms with E-state index in [1.807, 2.05) is 0 Å². The molecule has 0 aromatic heterocycles. The first-order valence-corrected chi connectivity index (χ1v) is 16.7. The second-order valence-electron chi connectivity index (χ2n) is 7.40. The van der Waals surface area contributed by atoms with Crippen molar-refractivity contribution >= 4 is 33.9 Å². The summed E-state index contributed by atoms with van der Waals surface area (Å²) in [7, 11) is 13.1. The molecule has 131 valence electrons. The molecule has 26 heavy (non-hydrogen) atoms. The number of halogens is 2. The second kappa shape index (κ2) is 7.27. The van der Waals surface area contributed by atoms with Crippen LogP contribution >= 0.6 is 17.0 Å². The Kier molecular flexibility index (Phi) is 5.17. The second-order valence-corrected chi connectivity index (χ2v) is 16.2. The Bertz CT molecular complexity index is 1020. The molecule has 0 N–H and O–H groups in total. The number of benzene rings is 3. The van der Waals surface area contributed by atoms with Gasteiger partial charge in [0.2, 0.25) is 0 Å². The fourth-order valence-corrected chi connectivity index (χ4v) is 9.52. The van der Waals surface area contributed by atoms with Gasteiger partial charge < -0.3 is 0 Å². The first kappa shape index (κ1) is 18.5. The normalized spacial score (nSPS) is 16.1. The summed E-state index contributed by atoms with van der Waals surface area (Å²) in [5.74, 6) is 0.471. The van der Waals surface area contributed by atoms with Crippen molar-refractivity contribution in [2.24, 2.45) is 0 Å². The predicted octanol–water partition coefficient (Wildman–Crippen LogP) is 8.01. The molecule has 0 saturated heterocycles. The number of rotatable bonds is 3. The minimum atomic E-state index is -2.44. The van der Waals surface area contributed by atoms with Crippen LogP contribution in [0.1, 0.15) is 47.0 Å². The molecular formula is C23H21Cl2Zr. The standard InChI is InChI=1S/C23H21.2ClH.Zr/c1-15(2)20-13-21-10-16(3)11-22(21)23(14-20)19-9-8-17-6-4-5-7-18(17)12-19;;;/h4-15H,1-3H3;2*1H;/q;;;+2/p-2. The van der Waals surface area contributed by atoms with Gasteiger partial charge in [-0.3, -0.25) is 0 Å². The topological polar surface area (TPSA) is 0 Å². The van der Waals surface area contributed by atoms with Crippen molar-refractivity contribution in [3.8, 4) is 11.1 Å². The van der Waals surface area contributed by atoms with E-state index < -0.39 is 19.4 Å². The number of hydrogen-bond acceptors (Lipinski definition) is 0. The fraction of sp³-hybridized carbons (Fsp3) is 0.217. The van der Waals surface area contributed by atoms with Crippen LogP contribution in [0.15, 0.2) is 60.2 Å². The van der Waals surface area contributed by atoms with Gasteiger partial charge in [0.1, 0.15) is 0 Å². The van der Waals surface area contributed by atoms with Crippen LogP contribution in [0.4, 0.5) is 0 Å². The SMILES string of the molecule is CC1=Cc2c(-c3ccc4ccccc4c3)cc(C(C)C)cc2[CH]1[Zr]([Cl])[Cl]. The average Bonchev–Trinajstić information content (AvgIpc) is 2.96. The van der Waals surface area contributed by atoms with Crippen molar-refractivity contribution in [1.82, 2.24) is 0 Å². The van der Waals surface area contributed by atoms with Gasteiger partial charge in [-0.25, -0.2) is 0 Å². The molecule has 1 aliphatic rings. The van der Waals surface area contributed by atoms with Crippen LogP contribution in [0, 0.1) is 0 Å². The monoisotopic (exact) mass is 457 g/mol. The molecule has 0 heterocycles. The van der Waals surface area contributed by atoms with E-state index in [0.717, 1.165) is 0 Å². The zero-order valence-electron chi connectivity index (χ0n) is 15.2. The summed E-state index contributed by atoms with van der Waals surface area (Å²) >= 11 is -2.44.